The van der Waals surface area contributed by atoms with Gasteiger partial charge in [0.2, 0.25) is 0 Å². The van der Waals surface area contributed by atoms with Crippen molar-refractivity contribution in [3.05, 3.63) is 29.8 Å². The molecule has 0 atom stereocenters. The number of hydrogen-bond acceptors (Lipinski definition) is 2. The summed E-state index contributed by atoms with van der Waals surface area (Å²) in [6.07, 6.45) is 2.29. The van der Waals surface area contributed by atoms with Gasteiger partial charge in [0.25, 0.3) is 0 Å². The van der Waals surface area contributed by atoms with Crippen LogP contribution in [0.5, 0.6) is 0 Å². The highest BCUT2D eigenvalue weighted by Crippen LogP contribution is 2.36. The quantitative estimate of drug-likeness (QED) is 0.428. The zero-order valence-corrected chi connectivity index (χ0v) is 16.9. The Morgan fingerprint density at radius 2 is 1.36 bits per heavy atom. The number of thiocyanates is 1. The number of benzene rings is 1. The maximum absolute atomic E-state index is 8.62. The highest BCUT2D eigenvalue weighted by molar-refractivity contribution is 8.03. The first-order chi connectivity index (χ1) is 10.2. The topological polar surface area (TPSA) is 23.8 Å². The van der Waals surface area contributed by atoms with Crippen molar-refractivity contribution in [3.63, 3.8) is 0 Å². The Morgan fingerprint density at radius 3 is 1.73 bits per heavy atom. The van der Waals surface area contributed by atoms with Crippen LogP contribution in [0, 0.1) is 21.5 Å². The summed E-state index contributed by atoms with van der Waals surface area (Å²) < 4.78 is 0. The molecule has 1 nitrogen and oxygen atoms in total. The smallest absolute Gasteiger partial charge is 0.138 e. The van der Waals surface area contributed by atoms with Crippen molar-refractivity contribution in [2.24, 2.45) is 10.8 Å². The average Bonchev–Trinajstić information content (AvgIpc) is 2.43. The lowest BCUT2D eigenvalue weighted by Gasteiger charge is -2.32. The molecule has 0 fully saturated rings. The molecule has 0 aliphatic heterocycles. The van der Waals surface area contributed by atoms with E-state index in [0.29, 0.717) is 10.8 Å². The van der Waals surface area contributed by atoms with Gasteiger partial charge < -0.3 is 0 Å². The van der Waals surface area contributed by atoms with E-state index < -0.39 is 0 Å². The Morgan fingerprint density at radius 1 is 0.909 bits per heavy atom. The molecule has 0 radical (unpaired) electrons. The first-order valence-corrected chi connectivity index (χ1v) is 9.18. The third kappa shape index (κ3) is 11.7. The molecule has 0 heterocycles. The summed E-state index contributed by atoms with van der Waals surface area (Å²) in [5.41, 5.74) is 2.02. The number of nitrogens with zero attached hydrogens (tertiary/aromatic N) is 1. The molecule has 0 saturated carbocycles. The van der Waals surface area contributed by atoms with E-state index in [-0.39, 0.29) is 0 Å². The molecule has 0 spiro atoms. The number of hydrogen-bond donors (Lipinski definition) is 0. The molecule has 1 rings (SSSR count). The standard InChI is InChI=1S/C16H23NS.2C2H6/c1-15(2,3)11-16(4,5)10-13-6-8-14(9-7-13)18-12-17;2*1-2/h6-9H,10-11H2,1-5H3;2*1-2H3. The summed E-state index contributed by atoms with van der Waals surface area (Å²) in [5, 5.41) is 10.7. The van der Waals surface area contributed by atoms with E-state index >= 15 is 0 Å². The number of rotatable bonds is 4. The van der Waals surface area contributed by atoms with Gasteiger partial charge in [-0.1, -0.05) is 74.4 Å². The SMILES string of the molecule is CC.CC.CC(C)(C)CC(C)(C)Cc1ccc(SC#N)cc1. The fraction of sp³-hybridized carbons (Fsp3) is 0.650. The van der Waals surface area contributed by atoms with Gasteiger partial charge in [0.15, 0.2) is 0 Å². The fourth-order valence-corrected chi connectivity index (χ4v) is 3.16. The molecule has 22 heavy (non-hydrogen) atoms. The van der Waals surface area contributed by atoms with Crippen LogP contribution in [0.15, 0.2) is 29.2 Å². The van der Waals surface area contributed by atoms with Crippen LogP contribution in [0.4, 0.5) is 0 Å². The normalized spacial score (nSPS) is 10.5. The number of thioether (sulfide) groups is 1. The lowest BCUT2D eigenvalue weighted by molar-refractivity contribution is 0.211. The van der Waals surface area contributed by atoms with Crippen molar-refractivity contribution in [1.82, 2.24) is 0 Å². The van der Waals surface area contributed by atoms with E-state index in [2.05, 4.69) is 52.2 Å². The van der Waals surface area contributed by atoms with Gasteiger partial charge in [-0.25, -0.2) is 0 Å². The molecule has 0 saturated heterocycles. The van der Waals surface area contributed by atoms with Gasteiger partial charge >= 0.3 is 0 Å². The predicted octanol–water partition coefficient (Wildman–Crippen LogP) is 7.32. The van der Waals surface area contributed by atoms with Crippen LogP contribution in [-0.2, 0) is 6.42 Å². The van der Waals surface area contributed by atoms with E-state index in [4.69, 9.17) is 5.26 Å². The van der Waals surface area contributed by atoms with Crippen LogP contribution >= 0.6 is 11.8 Å². The van der Waals surface area contributed by atoms with Gasteiger partial charge in [-0.3, -0.25) is 0 Å². The minimum absolute atomic E-state index is 0.308. The number of nitriles is 1. The lowest BCUT2D eigenvalue weighted by Crippen LogP contribution is -2.22. The summed E-state index contributed by atoms with van der Waals surface area (Å²) in [4.78, 5) is 1.02. The van der Waals surface area contributed by atoms with Gasteiger partial charge in [-0.05, 0) is 53.1 Å². The molecule has 0 aromatic heterocycles. The van der Waals surface area contributed by atoms with Crippen molar-refractivity contribution in [3.8, 4) is 5.40 Å². The molecule has 0 aliphatic rings. The summed E-state index contributed by atoms with van der Waals surface area (Å²) >= 11 is 1.22. The maximum Gasteiger partial charge on any atom is 0.138 e. The third-order valence-corrected chi connectivity index (χ3v) is 3.38. The van der Waals surface area contributed by atoms with E-state index in [1.165, 1.54) is 23.7 Å². The molecule has 0 N–H and O–H groups in total. The summed E-state index contributed by atoms with van der Waals surface area (Å²) in [6.45, 7) is 19.5. The Labute approximate surface area is 143 Å². The van der Waals surface area contributed by atoms with Crippen molar-refractivity contribution in [2.75, 3.05) is 0 Å². The minimum Gasteiger partial charge on any atom is -0.185 e. The molecular weight excluding hydrogens is 286 g/mol. The molecule has 1 aromatic carbocycles. The van der Waals surface area contributed by atoms with Crippen LogP contribution in [0.2, 0.25) is 0 Å². The Bertz CT molecular complexity index is 419. The molecule has 0 amide bonds. The van der Waals surface area contributed by atoms with Gasteiger partial charge in [-0.2, -0.15) is 5.26 Å². The van der Waals surface area contributed by atoms with Crippen molar-refractivity contribution >= 4 is 11.8 Å². The van der Waals surface area contributed by atoms with Crippen LogP contribution in [0.1, 0.15) is 74.3 Å². The van der Waals surface area contributed by atoms with Crippen LogP contribution in [-0.4, -0.2) is 0 Å². The first kappa shape index (κ1) is 23.3. The summed E-state index contributed by atoms with van der Waals surface area (Å²) in [7, 11) is 0. The minimum atomic E-state index is 0.308. The van der Waals surface area contributed by atoms with Gasteiger partial charge in [0.05, 0.1) is 0 Å². The Hall–Kier alpha value is -0.940. The zero-order chi connectivity index (χ0) is 17.8. The van der Waals surface area contributed by atoms with Crippen LogP contribution < -0.4 is 0 Å². The second kappa shape index (κ2) is 11.6. The zero-order valence-electron chi connectivity index (χ0n) is 16.1. The Kier molecular flexibility index (Phi) is 12.3. The first-order valence-electron chi connectivity index (χ1n) is 8.37. The fourth-order valence-electron chi connectivity index (χ4n) is 2.78. The second-order valence-corrected chi connectivity index (χ2v) is 7.77. The van der Waals surface area contributed by atoms with Crippen molar-refractivity contribution < 1.29 is 0 Å². The maximum atomic E-state index is 8.62. The second-order valence-electron chi connectivity index (χ2n) is 6.92. The molecule has 126 valence electrons. The summed E-state index contributed by atoms with van der Waals surface area (Å²) in [6, 6.07) is 8.36. The highest BCUT2D eigenvalue weighted by Gasteiger charge is 2.25. The molecule has 0 unspecified atom stereocenters. The molecule has 0 bridgehead atoms. The van der Waals surface area contributed by atoms with Crippen LogP contribution in [0.3, 0.4) is 0 Å². The summed E-state index contributed by atoms with van der Waals surface area (Å²) in [5.74, 6) is 0. The average molecular weight is 322 g/mol. The Balaban J connectivity index is 0. The van der Waals surface area contributed by atoms with E-state index in [9.17, 15) is 0 Å². The monoisotopic (exact) mass is 321 g/mol. The van der Waals surface area contributed by atoms with Crippen LogP contribution in [0.25, 0.3) is 0 Å². The van der Waals surface area contributed by atoms with Crippen molar-refractivity contribution in [2.45, 2.75) is 80.1 Å². The van der Waals surface area contributed by atoms with Gasteiger partial charge in [0, 0.05) is 4.90 Å². The molecule has 2 heteroatoms. The van der Waals surface area contributed by atoms with Gasteiger partial charge in [0.1, 0.15) is 5.40 Å². The third-order valence-electron chi connectivity index (χ3n) is 2.78. The molecule has 1 aromatic rings. The van der Waals surface area contributed by atoms with Gasteiger partial charge in [-0.15, -0.1) is 0 Å². The van der Waals surface area contributed by atoms with E-state index in [1.807, 2.05) is 39.8 Å². The van der Waals surface area contributed by atoms with E-state index in [0.717, 1.165) is 11.3 Å². The molecule has 0 aliphatic carbocycles. The highest BCUT2D eigenvalue weighted by atomic mass is 32.2. The lowest BCUT2D eigenvalue weighted by atomic mass is 9.73. The predicted molar refractivity (Wildman–Crippen MR) is 102 cm³/mol. The molecular formula is C20H35NS. The largest absolute Gasteiger partial charge is 0.185 e. The van der Waals surface area contributed by atoms with Crippen molar-refractivity contribution in [1.29, 1.82) is 5.26 Å². The van der Waals surface area contributed by atoms with E-state index in [1.54, 1.807) is 0 Å².